The first kappa shape index (κ1) is 26.5. The number of hydrogen-bond acceptors (Lipinski definition) is 7. The summed E-state index contributed by atoms with van der Waals surface area (Å²) in [7, 11) is -2.88. The lowest BCUT2D eigenvalue weighted by Crippen LogP contribution is -2.32. The maximum Gasteiger partial charge on any atom is 0.573 e. The van der Waals surface area contributed by atoms with Gasteiger partial charge in [0.05, 0.1) is 17.6 Å². The number of alkyl halides is 3. The minimum atomic E-state index is -4.80. The van der Waals surface area contributed by atoms with Gasteiger partial charge in [0, 0.05) is 17.0 Å². The summed E-state index contributed by atoms with van der Waals surface area (Å²) in [5.74, 6) is -0.819. The highest BCUT2D eigenvalue weighted by molar-refractivity contribution is 7.92. The summed E-state index contributed by atoms with van der Waals surface area (Å²) in [6.07, 6.45) is -4.80. The van der Waals surface area contributed by atoms with Gasteiger partial charge in [-0.05, 0) is 75.2 Å². The molecule has 12 heteroatoms. The predicted octanol–water partition coefficient (Wildman–Crippen LogP) is 5.64. The van der Waals surface area contributed by atoms with Crippen molar-refractivity contribution < 1.29 is 35.9 Å². The highest BCUT2D eigenvalue weighted by atomic mass is 32.2. The van der Waals surface area contributed by atoms with E-state index in [9.17, 15) is 26.4 Å². The van der Waals surface area contributed by atoms with Crippen LogP contribution in [-0.2, 0) is 14.8 Å². The fourth-order valence-electron chi connectivity index (χ4n) is 3.40. The Labute approximate surface area is 205 Å². The zero-order valence-electron chi connectivity index (χ0n) is 19.6. The summed E-state index contributed by atoms with van der Waals surface area (Å²) in [4.78, 5) is 17.2. The van der Waals surface area contributed by atoms with Gasteiger partial charge < -0.3 is 9.47 Å². The SMILES string of the molecule is CCN(c1nc(-c2ccc(OC(F)(F)F)cc2)sc1C)S(=O)(=O)c1cc(C)c(C)c(C(=O)OC)c1. The molecule has 0 aliphatic heterocycles. The highest BCUT2D eigenvalue weighted by Crippen LogP contribution is 2.36. The van der Waals surface area contributed by atoms with Crippen molar-refractivity contribution in [3.63, 3.8) is 0 Å². The molecule has 0 fully saturated rings. The van der Waals surface area contributed by atoms with E-state index in [1.807, 2.05) is 0 Å². The summed E-state index contributed by atoms with van der Waals surface area (Å²) in [5.41, 5.74) is 1.88. The minimum Gasteiger partial charge on any atom is -0.465 e. The van der Waals surface area contributed by atoms with Gasteiger partial charge in [-0.1, -0.05) is 0 Å². The van der Waals surface area contributed by atoms with Crippen LogP contribution in [0.2, 0.25) is 0 Å². The number of thiazole rings is 1. The molecule has 0 atom stereocenters. The lowest BCUT2D eigenvalue weighted by molar-refractivity contribution is -0.274. The van der Waals surface area contributed by atoms with Gasteiger partial charge in [-0.2, -0.15) is 0 Å². The van der Waals surface area contributed by atoms with Crippen LogP contribution in [0.1, 0.15) is 33.3 Å². The molecule has 0 aliphatic rings. The molecule has 3 aromatic rings. The molecule has 188 valence electrons. The molecule has 0 N–H and O–H groups in total. The molecule has 35 heavy (non-hydrogen) atoms. The highest BCUT2D eigenvalue weighted by Gasteiger charge is 2.31. The van der Waals surface area contributed by atoms with E-state index in [-0.39, 0.29) is 28.6 Å². The Morgan fingerprint density at radius 3 is 2.29 bits per heavy atom. The van der Waals surface area contributed by atoms with Crippen LogP contribution >= 0.6 is 11.3 Å². The van der Waals surface area contributed by atoms with Crippen molar-refractivity contribution in [1.82, 2.24) is 4.98 Å². The first-order valence-corrected chi connectivity index (χ1v) is 12.6. The molecule has 0 spiro atoms. The third-order valence-electron chi connectivity index (χ3n) is 5.26. The van der Waals surface area contributed by atoms with Gasteiger partial charge in [-0.25, -0.2) is 22.5 Å². The molecule has 2 aromatic carbocycles. The number of carbonyl (C=O) groups excluding carboxylic acids is 1. The second-order valence-corrected chi connectivity index (χ2v) is 10.6. The number of ether oxygens (including phenoxy) is 2. The molecule has 0 saturated carbocycles. The van der Waals surface area contributed by atoms with Crippen molar-refractivity contribution in [3.8, 4) is 16.3 Å². The van der Waals surface area contributed by atoms with Crippen LogP contribution in [0, 0.1) is 20.8 Å². The molecule has 0 bridgehead atoms. The van der Waals surface area contributed by atoms with Crippen LogP contribution in [0.25, 0.3) is 10.6 Å². The Morgan fingerprint density at radius 1 is 1.11 bits per heavy atom. The largest absolute Gasteiger partial charge is 0.573 e. The lowest BCUT2D eigenvalue weighted by Gasteiger charge is -2.22. The van der Waals surface area contributed by atoms with Crippen LogP contribution in [0.4, 0.5) is 19.0 Å². The molecule has 0 aliphatic carbocycles. The van der Waals surface area contributed by atoms with Gasteiger partial charge in [0.15, 0.2) is 5.82 Å². The Hall–Kier alpha value is -3.12. The van der Waals surface area contributed by atoms with Crippen LogP contribution in [-0.4, -0.2) is 39.4 Å². The molecular weight excluding hydrogens is 505 g/mol. The summed E-state index contributed by atoms with van der Waals surface area (Å²) in [6.45, 7) is 6.83. The molecule has 0 amide bonds. The second kappa shape index (κ2) is 9.86. The summed E-state index contributed by atoms with van der Waals surface area (Å²) < 4.78 is 74.2. The summed E-state index contributed by atoms with van der Waals surface area (Å²) in [6, 6.07) is 7.93. The molecule has 0 unspecified atom stereocenters. The number of rotatable bonds is 7. The number of halogens is 3. The monoisotopic (exact) mass is 528 g/mol. The van der Waals surface area contributed by atoms with E-state index >= 15 is 0 Å². The molecule has 3 rings (SSSR count). The first-order valence-electron chi connectivity index (χ1n) is 10.3. The number of sulfonamides is 1. The second-order valence-electron chi connectivity index (χ2n) is 7.55. The van der Waals surface area contributed by atoms with Crippen LogP contribution in [0.15, 0.2) is 41.3 Å². The number of anilines is 1. The fraction of sp³-hybridized carbons (Fsp3) is 0.304. The van der Waals surface area contributed by atoms with Gasteiger partial charge in [0.2, 0.25) is 0 Å². The van der Waals surface area contributed by atoms with Crippen molar-refractivity contribution in [1.29, 1.82) is 0 Å². The third-order valence-corrected chi connectivity index (χ3v) is 8.12. The van der Waals surface area contributed by atoms with Crippen molar-refractivity contribution in [2.24, 2.45) is 0 Å². The Balaban J connectivity index is 2.01. The predicted molar refractivity (Wildman–Crippen MR) is 126 cm³/mol. The number of aryl methyl sites for hydroxylation is 2. The Morgan fingerprint density at radius 2 is 1.74 bits per heavy atom. The minimum absolute atomic E-state index is 0.0607. The van der Waals surface area contributed by atoms with Crippen LogP contribution in [0.3, 0.4) is 0 Å². The zero-order chi connectivity index (χ0) is 26.1. The fourth-order valence-corrected chi connectivity index (χ4v) is 5.97. The van der Waals surface area contributed by atoms with E-state index in [4.69, 9.17) is 4.74 Å². The van der Waals surface area contributed by atoms with Gasteiger partial charge in [0.1, 0.15) is 10.8 Å². The van der Waals surface area contributed by atoms with E-state index in [0.717, 1.165) is 16.4 Å². The first-order chi connectivity index (χ1) is 16.3. The van der Waals surface area contributed by atoms with Crippen molar-refractivity contribution in [2.75, 3.05) is 18.0 Å². The van der Waals surface area contributed by atoms with Gasteiger partial charge in [-0.3, -0.25) is 0 Å². The van der Waals surface area contributed by atoms with Gasteiger partial charge in [-0.15, -0.1) is 24.5 Å². The molecule has 1 aromatic heterocycles. The summed E-state index contributed by atoms with van der Waals surface area (Å²) in [5, 5.41) is 0.431. The maximum absolute atomic E-state index is 13.6. The van der Waals surface area contributed by atoms with Crippen LogP contribution in [0.5, 0.6) is 5.75 Å². The zero-order valence-corrected chi connectivity index (χ0v) is 21.2. The maximum atomic E-state index is 13.6. The number of aromatic nitrogens is 1. The van der Waals surface area contributed by atoms with Crippen molar-refractivity contribution in [2.45, 2.75) is 39.0 Å². The van der Waals surface area contributed by atoms with E-state index < -0.39 is 22.4 Å². The Bertz CT molecular complexity index is 1350. The van der Waals surface area contributed by atoms with Gasteiger partial charge in [0.25, 0.3) is 10.0 Å². The quantitative estimate of drug-likeness (QED) is 0.369. The van der Waals surface area contributed by atoms with E-state index in [1.54, 1.807) is 27.7 Å². The average Bonchev–Trinajstić information content (AvgIpc) is 3.15. The number of benzene rings is 2. The smallest absolute Gasteiger partial charge is 0.465 e. The Kier molecular flexibility index (Phi) is 7.46. The standard InChI is InChI=1S/C23H23F3N2O5S2/c1-6-28(35(30,31)18-11-13(2)14(3)19(12-18)22(29)32-5)20-15(4)34-21(27-20)16-7-9-17(10-8-16)33-23(24,25)26/h7-12H,6H2,1-5H3. The normalized spacial score (nSPS) is 11.9. The number of methoxy groups -OCH3 is 1. The molecule has 1 heterocycles. The topological polar surface area (TPSA) is 85.8 Å². The number of carbonyl (C=O) groups is 1. The van der Waals surface area contributed by atoms with E-state index in [1.165, 1.54) is 42.7 Å². The average molecular weight is 529 g/mol. The molecule has 7 nitrogen and oxygen atoms in total. The summed E-state index contributed by atoms with van der Waals surface area (Å²) >= 11 is 1.20. The van der Waals surface area contributed by atoms with E-state index in [0.29, 0.717) is 26.6 Å². The number of hydrogen-bond donors (Lipinski definition) is 0. The van der Waals surface area contributed by atoms with Gasteiger partial charge >= 0.3 is 12.3 Å². The third kappa shape index (κ3) is 5.59. The van der Waals surface area contributed by atoms with Crippen molar-refractivity contribution in [3.05, 3.63) is 58.0 Å². The number of esters is 1. The van der Waals surface area contributed by atoms with E-state index in [2.05, 4.69) is 9.72 Å². The molecule has 0 saturated heterocycles. The number of nitrogens with zero attached hydrogens (tertiary/aromatic N) is 2. The molecular formula is C23H23F3N2O5S2. The van der Waals surface area contributed by atoms with Crippen molar-refractivity contribution >= 4 is 33.1 Å². The lowest BCUT2D eigenvalue weighted by atomic mass is 10.0. The molecule has 0 radical (unpaired) electrons. The van der Waals surface area contributed by atoms with Crippen LogP contribution < -0.4 is 9.04 Å².